The molecule has 0 aliphatic carbocycles. The molecule has 0 fully saturated rings. The number of hydrogen-bond acceptors (Lipinski definition) is 0. The fraction of sp³-hybridized carbons (Fsp3) is 0.143. The lowest BCUT2D eigenvalue weighted by Gasteiger charge is -2.01. The van der Waals surface area contributed by atoms with Crippen molar-refractivity contribution in [1.29, 1.82) is 0 Å². The molecule has 0 aliphatic rings. The van der Waals surface area contributed by atoms with Crippen LogP contribution in [0, 0.1) is 0 Å². The van der Waals surface area contributed by atoms with Gasteiger partial charge in [0, 0.05) is 20.5 Å². The second kappa shape index (κ2) is 2.99. The number of benzene rings is 1. The maximum Gasteiger partial charge on any atom is 0.0279 e. The van der Waals surface area contributed by atoms with Crippen molar-refractivity contribution in [2.24, 2.45) is 0 Å². The van der Waals surface area contributed by atoms with Crippen LogP contribution in [0.5, 0.6) is 0 Å². The molecule has 0 bridgehead atoms. The molecule has 0 heterocycles. The standard InChI is InChI=1S/C7H6Si2/c8-7(9)6-4-2-1-3-5-6/h1-5,7H. The molecular formula is C7H6Si2. The average Bonchev–Trinajstić information content (AvgIpc) is 1.90. The SMILES string of the molecule is [Si]C([Si])c1ccccc1. The third kappa shape index (κ3) is 1.80. The fourth-order valence-electron chi connectivity index (χ4n) is 0.645. The summed E-state index contributed by atoms with van der Waals surface area (Å²) in [5.41, 5.74) is 1.24. The van der Waals surface area contributed by atoms with Gasteiger partial charge in [0.2, 0.25) is 0 Å². The lowest BCUT2D eigenvalue weighted by molar-refractivity contribution is 1.35. The van der Waals surface area contributed by atoms with Crippen LogP contribution in [-0.4, -0.2) is 20.5 Å². The minimum absolute atomic E-state index is 0.270. The van der Waals surface area contributed by atoms with Gasteiger partial charge in [-0.05, 0) is 5.16 Å². The van der Waals surface area contributed by atoms with E-state index >= 15 is 0 Å². The van der Waals surface area contributed by atoms with E-state index in [2.05, 4.69) is 32.6 Å². The van der Waals surface area contributed by atoms with Gasteiger partial charge in [0.05, 0.1) is 0 Å². The van der Waals surface area contributed by atoms with Crippen LogP contribution >= 0.6 is 0 Å². The zero-order valence-electron chi connectivity index (χ0n) is 4.96. The summed E-state index contributed by atoms with van der Waals surface area (Å²) in [6.45, 7) is 0. The summed E-state index contributed by atoms with van der Waals surface area (Å²) in [6.07, 6.45) is 0. The molecule has 0 saturated carbocycles. The molecular weight excluding hydrogens is 140 g/mol. The van der Waals surface area contributed by atoms with Gasteiger partial charge < -0.3 is 0 Å². The van der Waals surface area contributed by atoms with Crippen LogP contribution in [0.15, 0.2) is 30.3 Å². The van der Waals surface area contributed by atoms with Crippen molar-refractivity contribution in [2.75, 3.05) is 0 Å². The molecule has 1 aromatic carbocycles. The normalized spacial score (nSPS) is 10.1. The molecule has 2 heteroatoms. The van der Waals surface area contributed by atoms with Crippen molar-refractivity contribution >= 4 is 20.5 Å². The Labute approximate surface area is 62.1 Å². The van der Waals surface area contributed by atoms with Crippen molar-refractivity contribution in [3.8, 4) is 0 Å². The van der Waals surface area contributed by atoms with Crippen LogP contribution in [0.25, 0.3) is 0 Å². The van der Waals surface area contributed by atoms with Crippen molar-refractivity contribution < 1.29 is 0 Å². The summed E-state index contributed by atoms with van der Waals surface area (Å²) >= 11 is 0. The zero-order valence-corrected chi connectivity index (χ0v) is 6.96. The van der Waals surface area contributed by atoms with Gasteiger partial charge in [-0.2, -0.15) is 0 Å². The molecule has 0 nitrogen and oxygen atoms in total. The topological polar surface area (TPSA) is 0 Å². The van der Waals surface area contributed by atoms with E-state index in [4.69, 9.17) is 0 Å². The summed E-state index contributed by atoms with van der Waals surface area (Å²) in [7, 11) is 6.89. The highest BCUT2D eigenvalue weighted by molar-refractivity contribution is 6.35. The predicted molar refractivity (Wildman–Crippen MR) is 40.7 cm³/mol. The average molecular weight is 146 g/mol. The highest BCUT2D eigenvalue weighted by Crippen LogP contribution is 2.05. The van der Waals surface area contributed by atoms with Crippen LogP contribution in [0.1, 0.15) is 10.7 Å². The van der Waals surface area contributed by atoms with Crippen LogP contribution in [-0.2, 0) is 0 Å². The number of rotatable bonds is 1. The van der Waals surface area contributed by atoms with Crippen molar-refractivity contribution in [1.82, 2.24) is 0 Å². The molecule has 0 spiro atoms. The highest BCUT2D eigenvalue weighted by atomic mass is 28.2. The van der Waals surface area contributed by atoms with Crippen LogP contribution < -0.4 is 0 Å². The van der Waals surface area contributed by atoms with Gasteiger partial charge in [-0.25, -0.2) is 0 Å². The summed E-state index contributed by atoms with van der Waals surface area (Å²) in [5.74, 6) is 0. The van der Waals surface area contributed by atoms with E-state index in [9.17, 15) is 0 Å². The molecule has 9 heavy (non-hydrogen) atoms. The summed E-state index contributed by atoms with van der Waals surface area (Å²) in [5, 5.41) is 0.270. The van der Waals surface area contributed by atoms with E-state index < -0.39 is 0 Å². The van der Waals surface area contributed by atoms with Crippen LogP contribution in [0.2, 0.25) is 0 Å². The summed E-state index contributed by atoms with van der Waals surface area (Å²) in [6, 6.07) is 10.2. The molecule has 0 aliphatic heterocycles. The molecule has 42 valence electrons. The first-order chi connectivity index (χ1) is 4.30. The van der Waals surface area contributed by atoms with Gasteiger partial charge in [-0.1, -0.05) is 35.9 Å². The lowest BCUT2D eigenvalue weighted by Crippen LogP contribution is -1.94. The van der Waals surface area contributed by atoms with Gasteiger partial charge in [-0.3, -0.25) is 0 Å². The lowest BCUT2D eigenvalue weighted by atomic mass is 10.2. The molecule has 6 radical (unpaired) electrons. The minimum Gasteiger partial charge on any atom is -0.0622 e. The maximum atomic E-state index is 3.44. The molecule has 0 saturated heterocycles. The number of hydrogen-bond donors (Lipinski definition) is 0. The molecule has 0 aromatic heterocycles. The van der Waals surface area contributed by atoms with Crippen LogP contribution in [0.3, 0.4) is 0 Å². The molecule has 0 amide bonds. The first-order valence-corrected chi connectivity index (χ1v) is 3.93. The maximum absolute atomic E-state index is 3.44. The largest absolute Gasteiger partial charge is 0.0622 e. The van der Waals surface area contributed by atoms with E-state index in [1.807, 2.05) is 18.2 Å². The Balaban J connectivity index is 2.85. The first kappa shape index (κ1) is 6.77. The van der Waals surface area contributed by atoms with Crippen molar-refractivity contribution in [2.45, 2.75) is 5.16 Å². The van der Waals surface area contributed by atoms with Gasteiger partial charge >= 0.3 is 0 Å². The van der Waals surface area contributed by atoms with Gasteiger partial charge in [0.25, 0.3) is 0 Å². The Morgan fingerprint density at radius 2 is 1.56 bits per heavy atom. The van der Waals surface area contributed by atoms with E-state index in [1.165, 1.54) is 5.56 Å². The Morgan fingerprint density at radius 3 is 1.89 bits per heavy atom. The Kier molecular flexibility index (Phi) is 2.25. The highest BCUT2D eigenvalue weighted by Gasteiger charge is 1.94. The van der Waals surface area contributed by atoms with Gasteiger partial charge in [0.15, 0.2) is 0 Å². The molecule has 1 aromatic rings. The second-order valence-electron chi connectivity index (χ2n) is 1.84. The van der Waals surface area contributed by atoms with Crippen molar-refractivity contribution in [3.05, 3.63) is 35.9 Å². The molecule has 1 rings (SSSR count). The van der Waals surface area contributed by atoms with E-state index in [0.717, 1.165) is 0 Å². The minimum atomic E-state index is 0.270. The van der Waals surface area contributed by atoms with Crippen molar-refractivity contribution in [3.63, 3.8) is 0 Å². The second-order valence-corrected chi connectivity index (χ2v) is 3.58. The summed E-state index contributed by atoms with van der Waals surface area (Å²) in [4.78, 5) is 0. The molecule has 0 N–H and O–H groups in total. The Hall–Kier alpha value is -0.346. The third-order valence-corrected chi connectivity index (χ3v) is 1.80. The smallest absolute Gasteiger partial charge is 0.0279 e. The fourth-order valence-corrected chi connectivity index (χ4v) is 1.03. The summed E-state index contributed by atoms with van der Waals surface area (Å²) < 4.78 is 0. The van der Waals surface area contributed by atoms with E-state index in [1.54, 1.807) is 0 Å². The first-order valence-electron chi connectivity index (χ1n) is 2.78. The molecule has 0 unspecified atom stereocenters. The van der Waals surface area contributed by atoms with E-state index in [-0.39, 0.29) is 5.16 Å². The zero-order chi connectivity index (χ0) is 6.69. The Bertz CT molecular complexity index is 170. The van der Waals surface area contributed by atoms with Crippen LogP contribution in [0.4, 0.5) is 0 Å². The van der Waals surface area contributed by atoms with Gasteiger partial charge in [0.1, 0.15) is 0 Å². The van der Waals surface area contributed by atoms with E-state index in [0.29, 0.717) is 0 Å². The quantitative estimate of drug-likeness (QED) is 0.519. The predicted octanol–water partition coefficient (Wildman–Crippen LogP) is 1.02. The monoisotopic (exact) mass is 146 g/mol. The van der Waals surface area contributed by atoms with Gasteiger partial charge in [-0.15, -0.1) is 0 Å². The Morgan fingerprint density at radius 1 is 1.00 bits per heavy atom. The third-order valence-electron chi connectivity index (χ3n) is 1.13. The molecule has 0 atom stereocenters.